The topological polar surface area (TPSA) is 55.3 Å². The minimum atomic E-state index is 0.0712. The predicted octanol–water partition coefficient (Wildman–Crippen LogP) is 5.90. The van der Waals surface area contributed by atoms with Crippen molar-refractivity contribution in [3.63, 3.8) is 0 Å². The van der Waals surface area contributed by atoms with E-state index in [9.17, 15) is 4.79 Å². The third kappa shape index (κ3) is 4.59. The lowest BCUT2D eigenvalue weighted by molar-refractivity contribution is -0.0856. The van der Waals surface area contributed by atoms with Gasteiger partial charge in [0.15, 0.2) is 0 Å². The van der Waals surface area contributed by atoms with Gasteiger partial charge in [-0.1, -0.05) is 54.9 Å². The van der Waals surface area contributed by atoms with Crippen molar-refractivity contribution in [1.29, 1.82) is 0 Å². The fraction of sp³-hybridized carbons (Fsp3) is 0.444. The number of aromatic nitrogens is 2. The molecule has 1 saturated heterocycles. The molecule has 1 aliphatic heterocycles. The number of ether oxygens (including phenoxy) is 1. The second-order valence-corrected chi connectivity index (χ2v) is 10.2. The molecular formula is C27H30N3O2S. The Balaban J connectivity index is 1.25. The zero-order valence-corrected chi connectivity index (χ0v) is 19.9. The standard InChI is InChI=1S/C27H30N3O2S/c1-32-27(23-5-3-2-4-6-23)15-17-30(18-16-27)24-13-11-22(12-14-24)26-29-28-25(33-26)21-9-7-20(19-31)8-10-21/h7-14,23H,2-6,15-18H2,1H3. The molecule has 2 aromatic carbocycles. The van der Waals surface area contributed by atoms with Gasteiger partial charge >= 0.3 is 0 Å². The van der Waals surface area contributed by atoms with Crippen LogP contribution >= 0.6 is 11.3 Å². The van der Waals surface area contributed by atoms with Crippen molar-refractivity contribution in [2.75, 3.05) is 25.1 Å². The van der Waals surface area contributed by atoms with Crippen LogP contribution in [0.15, 0.2) is 48.5 Å². The van der Waals surface area contributed by atoms with Gasteiger partial charge in [-0.05, 0) is 55.9 Å². The number of hydrogen-bond acceptors (Lipinski definition) is 6. The van der Waals surface area contributed by atoms with E-state index in [-0.39, 0.29) is 5.60 Å². The Kier molecular flexibility index (Phi) is 6.56. The van der Waals surface area contributed by atoms with E-state index < -0.39 is 0 Å². The number of benzene rings is 2. The van der Waals surface area contributed by atoms with Gasteiger partial charge in [0.1, 0.15) is 10.0 Å². The monoisotopic (exact) mass is 460 g/mol. The molecule has 3 aromatic rings. The Bertz CT molecular complexity index is 1060. The Morgan fingerprint density at radius 2 is 1.48 bits per heavy atom. The van der Waals surface area contributed by atoms with Crippen molar-refractivity contribution in [1.82, 2.24) is 10.2 Å². The third-order valence-electron chi connectivity index (χ3n) is 7.52. The minimum Gasteiger partial charge on any atom is -0.378 e. The number of methoxy groups -OCH3 is 1. The fourth-order valence-electron chi connectivity index (χ4n) is 5.50. The van der Waals surface area contributed by atoms with E-state index in [4.69, 9.17) is 4.74 Å². The van der Waals surface area contributed by atoms with Crippen LogP contribution in [0.2, 0.25) is 0 Å². The Labute approximate surface area is 199 Å². The first-order valence-electron chi connectivity index (χ1n) is 11.9. The summed E-state index contributed by atoms with van der Waals surface area (Å²) in [7, 11) is 1.92. The average molecular weight is 461 g/mol. The molecule has 0 bridgehead atoms. The predicted molar refractivity (Wildman–Crippen MR) is 133 cm³/mol. The third-order valence-corrected chi connectivity index (χ3v) is 8.54. The van der Waals surface area contributed by atoms with Gasteiger partial charge in [-0.3, -0.25) is 4.79 Å². The highest BCUT2D eigenvalue weighted by atomic mass is 32.1. The minimum absolute atomic E-state index is 0.0712. The molecule has 0 spiro atoms. The maximum Gasteiger partial charge on any atom is 0.233 e. The van der Waals surface area contributed by atoms with E-state index in [1.54, 1.807) is 23.5 Å². The van der Waals surface area contributed by atoms with Crippen molar-refractivity contribution in [2.45, 2.75) is 50.5 Å². The number of rotatable bonds is 6. The molecule has 33 heavy (non-hydrogen) atoms. The van der Waals surface area contributed by atoms with Crippen molar-refractivity contribution >= 4 is 23.3 Å². The molecule has 0 unspecified atom stereocenters. The van der Waals surface area contributed by atoms with Gasteiger partial charge in [0.2, 0.25) is 6.29 Å². The Hall–Kier alpha value is -2.57. The maximum absolute atomic E-state index is 10.7. The van der Waals surface area contributed by atoms with E-state index in [1.807, 2.05) is 25.5 Å². The summed E-state index contributed by atoms with van der Waals surface area (Å²) in [5.74, 6) is 0.722. The van der Waals surface area contributed by atoms with Crippen LogP contribution in [0.1, 0.15) is 50.5 Å². The van der Waals surface area contributed by atoms with Crippen LogP contribution in [0.4, 0.5) is 5.69 Å². The highest BCUT2D eigenvalue weighted by molar-refractivity contribution is 7.17. The van der Waals surface area contributed by atoms with Crippen LogP contribution in [0.3, 0.4) is 0 Å². The summed E-state index contributed by atoms with van der Waals surface area (Å²) < 4.78 is 6.17. The molecule has 1 radical (unpaired) electrons. The zero-order valence-electron chi connectivity index (χ0n) is 19.1. The highest BCUT2D eigenvalue weighted by Gasteiger charge is 2.41. The summed E-state index contributed by atoms with van der Waals surface area (Å²) in [6.07, 6.45) is 10.9. The summed E-state index contributed by atoms with van der Waals surface area (Å²) in [5.41, 5.74) is 3.91. The van der Waals surface area contributed by atoms with Crippen molar-refractivity contribution < 1.29 is 9.53 Å². The number of carbonyl (C=O) groups excluding carboxylic acids is 1. The number of piperidine rings is 1. The molecule has 171 valence electrons. The van der Waals surface area contributed by atoms with Crippen LogP contribution in [0.25, 0.3) is 21.1 Å². The summed E-state index contributed by atoms with van der Waals surface area (Å²) >= 11 is 1.56. The normalized spacial score (nSPS) is 18.9. The van der Waals surface area contributed by atoms with Crippen LogP contribution in [-0.2, 0) is 9.53 Å². The van der Waals surface area contributed by atoms with Gasteiger partial charge in [-0.2, -0.15) is 0 Å². The molecule has 5 nitrogen and oxygen atoms in total. The molecule has 1 aromatic heterocycles. The van der Waals surface area contributed by atoms with Crippen LogP contribution in [0.5, 0.6) is 0 Å². The van der Waals surface area contributed by atoms with Crippen LogP contribution < -0.4 is 4.90 Å². The van der Waals surface area contributed by atoms with Crippen molar-refractivity contribution in [2.24, 2.45) is 5.92 Å². The number of nitrogens with zero attached hydrogens (tertiary/aromatic N) is 3. The van der Waals surface area contributed by atoms with Crippen LogP contribution in [-0.4, -0.2) is 42.3 Å². The lowest BCUT2D eigenvalue weighted by atomic mass is 9.72. The van der Waals surface area contributed by atoms with Gasteiger partial charge < -0.3 is 9.64 Å². The first kappa shape index (κ1) is 22.2. The van der Waals surface area contributed by atoms with E-state index in [0.29, 0.717) is 5.56 Å². The molecule has 0 amide bonds. The molecule has 2 fully saturated rings. The molecule has 5 rings (SSSR count). The zero-order chi connectivity index (χ0) is 22.7. The van der Waals surface area contributed by atoms with E-state index in [0.717, 1.165) is 53.0 Å². The molecule has 2 heterocycles. The molecule has 6 heteroatoms. The Morgan fingerprint density at radius 3 is 2.03 bits per heavy atom. The fourth-order valence-corrected chi connectivity index (χ4v) is 6.36. The lowest BCUT2D eigenvalue weighted by Gasteiger charge is -2.47. The van der Waals surface area contributed by atoms with E-state index in [2.05, 4.69) is 39.4 Å². The van der Waals surface area contributed by atoms with Gasteiger partial charge in [0.25, 0.3) is 0 Å². The Morgan fingerprint density at radius 1 is 0.909 bits per heavy atom. The molecule has 0 N–H and O–H groups in total. The van der Waals surface area contributed by atoms with Gasteiger partial charge in [0.05, 0.1) is 5.60 Å². The molecular weight excluding hydrogens is 430 g/mol. The van der Waals surface area contributed by atoms with Crippen molar-refractivity contribution in [3.8, 4) is 21.1 Å². The molecule has 1 saturated carbocycles. The van der Waals surface area contributed by atoms with Gasteiger partial charge in [-0.25, -0.2) is 0 Å². The van der Waals surface area contributed by atoms with E-state index >= 15 is 0 Å². The quantitative estimate of drug-likeness (QED) is 0.459. The van der Waals surface area contributed by atoms with Crippen LogP contribution in [0, 0.1) is 5.92 Å². The number of hydrogen-bond donors (Lipinski definition) is 0. The van der Waals surface area contributed by atoms with Crippen molar-refractivity contribution in [3.05, 3.63) is 54.1 Å². The summed E-state index contributed by atoms with van der Waals surface area (Å²) in [6.45, 7) is 2.09. The molecule has 0 atom stereocenters. The van der Waals surface area contributed by atoms with Gasteiger partial charge in [-0.15, -0.1) is 10.2 Å². The highest BCUT2D eigenvalue weighted by Crippen LogP contribution is 2.42. The van der Waals surface area contributed by atoms with Gasteiger partial charge in [0, 0.05) is 42.6 Å². The smallest absolute Gasteiger partial charge is 0.233 e. The number of anilines is 1. The van der Waals surface area contributed by atoms with E-state index in [1.165, 1.54) is 37.8 Å². The summed E-state index contributed by atoms with van der Waals surface area (Å²) in [5, 5.41) is 10.5. The second kappa shape index (κ2) is 9.74. The SMILES string of the molecule is COC1(C2CCCCC2)CCN(c2ccc(-c3nnc(-c4ccc([C]=O)cc4)s3)cc2)CC1. The molecule has 1 aliphatic carbocycles. The maximum atomic E-state index is 10.7. The summed E-state index contributed by atoms with van der Waals surface area (Å²) in [4.78, 5) is 13.2. The first-order valence-corrected chi connectivity index (χ1v) is 12.7. The lowest BCUT2D eigenvalue weighted by Crippen LogP contribution is -2.50. The molecule has 2 aliphatic rings. The first-order chi connectivity index (χ1) is 16.2. The second-order valence-electron chi connectivity index (χ2n) is 9.23. The summed E-state index contributed by atoms with van der Waals surface area (Å²) in [6, 6.07) is 16.0. The largest absolute Gasteiger partial charge is 0.378 e. The average Bonchev–Trinajstić information content (AvgIpc) is 3.40.